The lowest BCUT2D eigenvalue weighted by molar-refractivity contribution is -0.117. The van der Waals surface area contributed by atoms with E-state index in [1.807, 2.05) is 5.32 Å². The number of carbonyl (C=O) groups excluding carboxylic acids is 1. The van der Waals surface area contributed by atoms with Crippen LogP contribution in [0.4, 0.5) is 14.5 Å². The van der Waals surface area contributed by atoms with Gasteiger partial charge in [0.25, 0.3) is 0 Å². The second-order valence-corrected chi connectivity index (χ2v) is 7.96. The predicted molar refractivity (Wildman–Crippen MR) is 71.6 cm³/mol. The molecule has 0 aliphatic heterocycles. The molecule has 1 amide bonds. The second kappa shape index (κ2) is 5.16. The molecule has 1 aromatic carbocycles. The SMILES string of the molecule is CC(C)(C(=O)Nc1c(F)cc(Br)cc1F)S(C)(=O)=O. The Balaban J connectivity index is 3.15. The fourth-order valence-corrected chi connectivity index (χ4v) is 1.88. The smallest absolute Gasteiger partial charge is 0.245 e. The molecule has 0 heterocycles. The first-order valence-electron chi connectivity index (χ1n) is 5.12. The molecule has 0 unspecified atom stereocenters. The van der Waals surface area contributed by atoms with E-state index in [9.17, 15) is 22.0 Å². The van der Waals surface area contributed by atoms with Gasteiger partial charge in [0.1, 0.15) is 10.4 Å². The zero-order valence-corrected chi connectivity index (χ0v) is 12.8. The molecule has 1 rings (SSSR count). The van der Waals surface area contributed by atoms with Crippen LogP contribution in [0.2, 0.25) is 0 Å². The number of anilines is 1. The van der Waals surface area contributed by atoms with E-state index in [0.29, 0.717) is 0 Å². The quantitative estimate of drug-likeness (QED) is 0.905. The van der Waals surface area contributed by atoms with Crippen molar-refractivity contribution in [1.82, 2.24) is 0 Å². The molecule has 0 atom stereocenters. The van der Waals surface area contributed by atoms with Gasteiger partial charge in [0, 0.05) is 10.7 Å². The van der Waals surface area contributed by atoms with Crippen LogP contribution in [0.3, 0.4) is 0 Å². The van der Waals surface area contributed by atoms with Crippen LogP contribution >= 0.6 is 15.9 Å². The Morgan fingerprint density at radius 1 is 1.26 bits per heavy atom. The van der Waals surface area contributed by atoms with E-state index >= 15 is 0 Å². The molecule has 8 heteroatoms. The van der Waals surface area contributed by atoms with Crippen LogP contribution < -0.4 is 5.32 Å². The molecular weight excluding hydrogens is 344 g/mol. The largest absolute Gasteiger partial charge is 0.320 e. The molecule has 0 radical (unpaired) electrons. The summed E-state index contributed by atoms with van der Waals surface area (Å²) in [5.74, 6) is -3.00. The fraction of sp³-hybridized carbons (Fsp3) is 0.364. The highest BCUT2D eigenvalue weighted by Gasteiger charge is 2.39. The summed E-state index contributed by atoms with van der Waals surface area (Å²) < 4.78 is 48.3. The number of nitrogens with one attached hydrogen (secondary N) is 1. The molecule has 0 saturated carbocycles. The molecule has 1 N–H and O–H groups in total. The van der Waals surface area contributed by atoms with E-state index < -0.39 is 37.8 Å². The Bertz CT molecular complexity index is 606. The topological polar surface area (TPSA) is 63.2 Å². The maximum absolute atomic E-state index is 13.5. The molecule has 0 aromatic heterocycles. The van der Waals surface area contributed by atoms with Crippen molar-refractivity contribution >= 4 is 37.4 Å². The minimum absolute atomic E-state index is 0.169. The minimum atomic E-state index is -3.72. The molecule has 0 fully saturated rings. The third-order valence-corrected chi connectivity index (χ3v) is 5.22. The van der Waals surface area contributed by atoms with E-state index in [-0.39, 0.29) is 4.47 Å². The molecule has 0 spiro atoms. The number of halogens is 3. The van der Waals surface area contributed by atoms with Crippen molar-refractivity contribution in [2.45, 2.75) is 18.6 Å². The summed E-state index contributed by atoms with van der Waals surface area (Å²) in [5.41, 5.74) is -0.676. The third kappa shape index (κ3) is 3.30. The van der Waals surface area contributed by atoms with Crippen molar-refractivity contribution in [3.8, 4) is 0 Å². The van der Waals surface area contributed by atoms with Crippen molar-refractivity contribution in [3.05, 3.63) is 28.2 Å². The maximum atomic E-state index is 13.5. The first-order chi connectivity index (χ1) is 8.46. The lowest BCUT2D eigenvalue weighted by atomic mass is 10.2. The summed E-state index contributed by atoms with van der Waals surface area (Å²) in [5, 5.41) is 1.96. The number of amides is 1. The summed E-state index contributed by atoms with van der Waals surface area (Å²) in [7, 11) is -3.72. The zero-order valence-electron chi connectivity index (χ0n) is 10.4. The highest BCUT2D eigenvalue weighted by atomic mass is 79.9. The van der Waals surface area contributed by atoms with Gasteiger partial charge in [-0.15, -0.1) is 0 Å². The average molecular weight is 356 g/mol. The Kier molecular flexibility index (Phi) is 4.36. The van der Waals surface area contributed by atoms with E-state index in [1.165, 1.54) is 0 Å². The number of sulfone groups is 1. The van der Waals surface area contributed by atoms with Gasteiger partial charge in [0.05, 0.1) is 0 Å². The van der Waals surface area contributed by atoms with Crippen molar-refractivity contribution in [2.75, 3.05) is 11.6 Å². The number of rotatable bonds is 3. The predicted octanol–water partition coefficient (Wildman–Crippen LogP) is 2.49. The molecule has 4 nitrogen and oxygen atoms in total. The van der Waals surface area contributed by atoms with Gasteiger partial charge in [-0.25, -0.2) is 17.2 Å². The van der Waals surface area contributed by atoms with Gasteiger partial charge < -0.3 is 5.32 Å². The Morgan fingerprint density at radius 3 is 2.05 bits per heavy atom. The zero-order chi connectivity index (χ0) is 15.0. The van der Waals surface area contributed by atoms with Crippen molar-refractivity contribution in [1.29, 1.82) is 0 Å². The van der Waals surface area contributed by atoms with Gasteiger partial charge in [-0.2, -0.15) is 0 Å². The summed E-state index contributed by atoms with van der Waals surface area (Å²) in [6, 6.07) is 1.93. The first-order valence-corrected chi connectivity index (χ1v) is 7.81. The maximum Gasteiger partial charge on any atom is 0.245 e. The highest BCUT2D eigenvalue weighted by Crippen LogP contribution is 2.26. The van der Waals surface area contributed by atoms with Crippen LogP contribution in [0.15, 0.2) is 16.6 Å². The first kappa shape index (κ1) is 16.0. The lowest BCUT2D eigenvalue weighted by Gasteiger charge is -2.21. The van der Waals surface area contributed by atoms with Gasteiger partial charge in [-0.1, -0.05) is 15.9 Å². The number of hydrogen-bond acceptors (Lipinski definition) is 3. The summed E-state index contributed by atoms with van der Waals surface area (Å²) in [4.78, 5) is 11.8. The molecule has 106 valence electrons. The Labute approximate surface area is 118 Å². The number of carbonyl (C=O) groups is 1. The van der Waals surface area contributed by atoms with E-state index in [4.69, 9.17) is 0 Å². The molecule has 1 aromatic rings. The standard InChI is InChI=1S/C11H12BrF2NO3S/c1-11(2,19(3,17)18)10(16)15-9-7(13)4-6(12)5-8(9)14/h4-5H,1-3H3,(H,15,16). The minimum Gasteiger partial charge on any atom is -0.320 e. The van der Waals surface area contributed by atoms with Gasteiger partial charge in [-0.05, 0) is 26.0 Å². The Hall–Kier alpha value is -1.02. The number of benzene rings is 1. The molecule has 19 heavy (non-hydrogen) atoms. The van der Waals surface area contributed by atoms with Crippen LogP contribution in [0.5, 0.6) is 0 Å². The summed E-state index contributed by atoms with van der Waals surface area (Å²) in [6.07, 6.45) is 0.876. The van der Waals surface area contributed by atoms with Crippen LogP contribution in [0.1, 0.15) is 13.8 Å². The number of hydrogen-bond donors (Lipinski definition) is 1. The summed E-state index contributed by atoms with van der Waals surface area (Å²) >= 11 is 2.90. The van der Waals surface area contributed by atoms with Crippen LogP contribution in [0, 0.1) is 11.6 Å². The van der Waals surface area contributed by atoms with Gasteiger partial charge in [0.15, 0.2) is 21.5 Å². The monoisotopic (exact) mass is 355 g/mol. The van der Waals surface area contributed by atoms with E-state index in [1.54, 1.807) is 0 Å². The molecular formula is C11H12BrF2NO3S. The fourth-order valence-electron chi connectivity index (χ4n) is 1.09. The van der Waals surface area contributed by atoms with Gasteiger partial charge >= 0.3 is 0 Å². The van der Waals surface area contributed by atoms with Crippen molar-refractivity contribution < 1.29 is 22.0 Å². The molecule has 0 bridgehead atoms. The van der Waals surface area contributed by atoms with Crippen molar-refractivity contribution in [3.63, 3.8) is 0 Å². The van der Waals surface area contributed by atoms with E-state index in [0.717, 1.165) is 32.2 Å². The van der Waals surface area contributed by atoms with Gasteiger partial charge in [-0.3, -0.25) is 4.79 Å². The van der Waals surface area contributed by atoms with Crippen molar-refractivity contribution in [2.24, 2.45) is 0 Å². The van der Waals surface area contributed by atoms with Gasteiger partial charge in [0.2, 0.25) is 5.91 Å². The van der Waals surface area contributed by atoms with E-state index in [2.05, 4.69) is 15.9 Å². The third-order valence-electron chi connectivity index (χ3n) is 2.72. The highest BCUT2D eigenvalue weighted by molar-refractivity contribution is 9.10. The van der Waals surface area contributed by atoms with Crippen LogP contribution in [-0.2, 0) is 14.6 Å². The molecule has 0 aliphatic carbocycles. The Morgan fingerprint density at radius 2 is 1.68 bits per heavy atom. The normalized spacial score (nSPS) is 12.3. The second-order valence-electron chi connectivity index (χ2n) is 4.48. The lowest BCUT2D eigenvalue weighted by Crippen LogP contribution is -2.44. The van der Waals surface area contributed by atoms with Crippen LogP contribution in [-0.4, -0.2) is 25.3 Å². The average Bonchev–Trinajstić information content (AvgIpc) is 2.21. The summed E-state index contributed by atoms with van der Waals surface area (Å²) in [6.45, 7) is 2.32. The molecule has 0 saturated heterocycles. The molecule has 0 aliphatic rings. The van der Waals surface area contributed by atoms with Crippen LogP contribution in [0.25, 0.3) is 0 Å².